The van der Waals surface area contributed by atoms with E-state index in [4.69, 9.17) is 0 Å². The molecule has 1 saturated heterocycles. The lowest BCUT2D eigenvalue weighted by Gasteiger charge is -2.21. The number of hydrogen-bond donors (Lipinski definition) is 0. The lowest BCUT2D eigenvalue weighted by molar-refractivity contribution is 0.269. The van der Waals surface area contributed by atoms with E-state index in [0.717, 1.165) is 48.2 Å². The van der Waals surface area contributed by atoms with Gasteiger partial charge in [0.25, 0.3) is 0 Å². The molecule has 1 aliphatic rings. The van der Waals surface area contributed by atoms with Crippen LogP contribution in [0, 0.1) is 0 Å². The van der Waals surface area contributed by atoms with Gasteiger partial charge in [-0.3, -0.25) is 4.90 Å². The lowest BCUT2D eigenvalue weighted by Crippen LogP contribution is -2.37. The topological polar surface area (TPSA) is 58.4 Å². The van der Waals surface area contributed by atoms with Gasteiger partial charge in [0, 0.05) is 39.1 Å². The molecule has 7 heteroatoms. The Hall–Kier alpha value is -2.22. The van der Waals surface area contributed by atoms with Crippen LogP contribution < -0.4 is 0 Å². The van der Waals surface area contributed by atoms with Crippen LogP contribution in [0.3, 0.4) is 0 Å². The zero-order valence-corrected chi connectivity index (χ0v) is 17.7. The summed E-state index contributed by atoms with van der Waals surface area (Å²) in [5, 5.41) is 2.30. The summed E-state index contributed by atoms with van der Waals surface area (Å²) in [6.07, 6.45) is 5.13. The van der Waals surface area contributed by atoms with Gasteiger partial charge in [0.05, 0.1) is 12.3 Å². The number of aryl methyl sites for hydroxylation is 2. The first-order valence-corrected chi connectivity index (χ1v) is 11.8. The van der Waals surface area contributed by atoms with Crippen molar-refractivity contribution in [2.24, 2.45) is 7.05 Å². The number of nitrogens with zero attached hydrogens (tertiary/aromatic N) is 4. The van der Waals surface area contributed by atoms with E-state index in [9.17, 15) is 8.42 Å². The fraction of sp³-hybridized carbons (Fsp3) is 0.409. The van der Waals surface area contributed by atoms with Crippen LogP contribution in [-0.4, -0.2) is 59.1 Å². The van der Waals surface area contributed by atoms with Gasteiger partial charge in [0.15, 0.2) is 0 Å². The molecule has 0 atom stereocenters. The van der Waals surface area contributed by atoms with Crippen LogP contribution in [0.25, 0.3) is 10.8 Å². The van der Waals surface area contributed by atoms with Gasteiger partial charge in [-0.15, -0.1) is 0 Å². The van der Waals surface area contributed by atoms with E-state index in [0.29, 0.717) is 19.5 Å². The fourth-order valence-corrected chi connectivity index (χ4v) is 5.51. The summed E-state index contributed by atoms with van der Waals surface area (Å²) < 4.78 is 29.7. The predicted octanol–water partition coefficient (Wildman–Crippen LogP) is 2.65. The average molecular weight is 413 g/mol. The van der Waals surface area contributed by atoms with Crippen LogP contribution in [0.15, 0.2) is 54.9 Å². The third-order valence-corrected chi connectivity index (χ3v) is 7.61. The largest absolute Gasteiger partial charge is 0.337 e. The van der Waals surface area contributed by atoms with Crippen molar-refractivity contribution in [1.29, 1.82) is 0 Å². The molecule has 1 aliphatic heterocycles. The van der Waals surface area contributed by atoms with Crippen molar-refractivity contribution < 1.29 is 8.42 Å². The monoisotopic (exact) mass is 412 g/mol. The Bertz CT molecular complexity index is 1070. The van der Waals surface area contributed by atoms with E-state index in [1.807, 2.05) is 42.1 Å². The van der Waals surface area contributed by atoms with Crippen molar-refractivity contribution in [2.45, 2.75) is 19.4 Å². The van der Waals surface area contributed by atoms with Crippen LogP contribution in [0.2, 0.25) is 0 Å². The summed E-state index contributed by atoms with van der Waals surface area (Å²) in [5.41, 5.74) is 1.10. The van der Waals surface area contributed by atoms with Crippen molar-refractivity contribution in [2.75, 3.05) is 31.9 Å². The lowest BCUT2D eigenvalue weighted by atomic mass is 10.0. The molecule has 1 fully saturated rings. The second-order valence-electron chi connectivity index (χ2n) is 7.69. The number of imidazole rings is 1. The predicted molar refractivity (Wildman–Crippen MR) is 116 cm³/mol. The van der Waals surface area contributed by atoms with E-state index in [2.05, 4.69) is 28.1 Å². The summed E-state index contributed by atoms with van der Waals surface area (Å²) in [5.74, 6) is 1.16. The van der Waals surface area contributed by atoms with Gasteiger partial charge in [0.2, 0.25) is 10.0 Å². The Morgan fingerprint density at radius 2 is 1.83 bits per heavy atom. The summed E-state index contributed by atoms with van der Waals surface area (Å²) in [6, 6.07) is 14.3. The van der Waals surface area contributed by atoms with Gasteiger partial charge in [-0.1, -0.05) is 42.5 Å². The molecular formula is C22H28N4O2S. The van der Waals surface area contributed by atoms with Crippen LogP contribution in [-0.2, 0) is 30.0 Å². The molecule has 0 aliphatic carbocycles. The van der Waals surface area contributed by atoms with Gasteiger partial charge in [0.1, 0.15) is 5.82 Å². The number of benzene rings is 2. The first-order valence-electron chi connectivity index (χ1n) is 10.2. The summed E-state index contributed by atoms with van der Waals surface area (Å²) >= 11 is 0. The zero-order chi connectivity index (χ0) is 20.3. The zero-order valence-electron chi connectivity index (χ0n) is 16.9. The van der Waals surface area contributed by atoms with Gasteiger partial charge < -0.3 is 4.57 Å². The van der Waals surface area contributed by atoms with Gasteiger partial charge in [-0.25, -0.2) is 17.7 Å². The minimum absolute atomic E-state index is 0.153. The number of fused-ring (bicyclic) bond motifs is 1. The quantitative estimate of drug-likeness (QED) is 0.625. The second-order valence-corrected chi connectivity index (χ2v) is 9.78. The maximum Gasteiger partial charge on any atom is 0.214 e. The standard InChI is InChI=1S/C22H28N4O2S/c1-24-14-11-23-22(24)18-25-12-5-13-26(16-15-25)29(27,28)17-10-20-8-4-7-19-6-2-3-9-21(19)20/h2-4,6-9,11,14H,5,10,12-13,15-18H2,1H3. The molecule has 1 aromatic heterocycles. The summed E-state index contributed by atoms with van der Waals surface area (Å²) in [6.45, 7) is 3.52. The Labute approximate surface area is 172 Å². The van der Waals surface area contributed by atoms with Crippen molar-refractivity contribution in [1.82, 2.24) is 18.8 Å². The first-order chi connectivity index (χ1) is 14.0. The van der Waals surface area contributed by atoms with Crippen LogP contribution in [0.4, 0.5) is 0 Å². The van der Waals surface area contributed by atoms with Crippen LogP contribution >= 0.6 is 0 Å². The normalized spacial score (nSPS) is 16.9. The Kier molecular flexibility index (Phi) is 5.99. The highest BCUT2D eigenvalue weighted by molar-refractivity contribution is 7.89. The van der Waals surface area contributed by atoms with Crippen molar-refractivity contribution in [3.63, 3.8) is 0 Å². The number of rotatable bonds is 6. The smallest absolute Gasteiger partial charge is 0.214 e. The number of sulfonamides is 1. The molecule has 29 heavy (non-hydrogen) atoms. The molecule has 0 amide bonds. The molecule has 3 aromatic rings. The molecular weight excluding hydrogens is 384 g/mol. The fourth-order valence-electron chi connectivity index (χ4n) is 4.01. The maximum absolute atomic E-state index is 13.0. The summed E-state index contributed by atoms with van der Waals surface area (Å²) in [4.78, 5) is 6.68. The van der Waals surface area contributed by atoms with Crippen LogP contribution in [0.1, 0.15) is 17.8 Å². The molecule has 6 nitrogen and oxygen atoms in total. The third-order valence-electron chi connectivity index (χ3n) is 5.74. The molecule has 0 N–H and O–H groups in total. The third kappa shape index (κ3) is 4.69. The Morgan fingerprint density at radius 1 is 1.00 bits per heavy atom. The Morgan fingerprint density at radius 3 is 2.66 bits per heavy atom. The van der Waals surface area contributed by atoms with Gasteiger partial charge >= 0.3 is 0 Å². The minimum Gasteiger partial charge on any atom is -0.337 e. The van der Waals surface area contributed by atoms with Gasteiger partial charge in [-0.2, -0.15) is 0 Å². The van der Waals surface area contributed by atoms with Crippen molar-refractivity contribution in [3.8, 4) is 0 Å². The molecule has 0 radical (unpaired) electrons. The molecule has 0 spiro atoms. The van der Waals surface area contributed by atoms with E-state index < -0.39 is 10.0 Å². The van der Waals surface area contributed by atoms with E-state index in [-0.39, 0.29) is 5.75 Å². The minimum atomic E-state index is -3.28. The van der Waals surface area contributed by atoms with E-state index in [1.54, 1.807) is 10.5 Å². The molecule has 4 rings (SSSR count). The highest BCUT2D eigenvalue weighted by atomic mass is 32.2. The SMILES string of the molecule is Cn1ccnc1CN1CCCN(S(=O)(=O)CCc2cccc3ccccc23)CC1. The number of aromatic nitrogens is 2. The van der Waals surface area contributed by atoms with E-state index in [1.165, 1.54) is 0 Å². The first kappa shape index (κ1) is 20.1. The van der Waals surface area contributed by atoms with Crippen LogP contribution in [0.5, 0.6) is 0 Å². The second kappa shape index (κ2) is 8.65. The van der Waals surface area contributed by atoms with Crippen molar-refractivity contribution >= 4 is 20.8 Å². The highest BCUT2D eigenvalue weighted by Crippen LogP contribution is 2.20. The molecule has 2 aromatic carbocycles. The summed E-state index contributed by atoms with van der Waals surface area (Å²) in [7, 11) is -1.29. The molecule has 0 bridgehead atoms. The average Bonchev–Trinajstić information content (AvgIpc) is 2.97. The maximum atomic E-state index is 13.0. The Balaban J connectivity index is 1.39. The molecule has 0 saturated carbocycles. The highest BCUT2D eigenvalue weighted by Gasteiger charge is 2.25. The number of hydrogen-bond acceptors (Lipinski definition) is 4. The molecule has 154 valence electrons. The molecule has 0 unspecified atom stereocenters. The van der Waals surface area contributed by atoms with Gasteiger partial charge in [-0.05, 0) is 35.7 Å². The van der Waals surface area contributed by atoms with E-state index >= 15 is 0 Å². The molecule has 2 heterocycles. The van der Waals surface area contributed by atoms with Crippen molar-refractivity contribution in [3.05, 3.63) is 66.2 Å².